The largest absolute Gasteiger partial charge is 0.354 e. The van der Waals surface area contributed by atoms with Gasteiger partial charge >= 0.3 is 6.03 Å². The minimum absolute atomic E-state index is 0.00658. The summed E-state index contributed by atoms with van der Waals surface area (Å²) in [5, 5.41) is 5.98. The second-order valence-corrected chi connectivity index (χ2v) is 9.80. The van der Waals surface area contributed by atoms with Crippen LogP contribution in [0, 0.1) is 17.6 Å². The van der Waals surface area contributed by atoms with Crippen LogP contribution in [0.15, 0.2) is 48.5 Å². The van der Waals surface area contributed by atoms with Crippen LogP contribution in [0.5, 0.6) is 0 Å². The zero-order valence-electron chi connectivity index (χ0n) is 21.4. The fourth-order valence-corrected chi connectivity index (χ4v) is 4.74. The molecule has 7 heteroatoms. The molecule has 3 amide bonds. The van der Waals surface area contributed by atoms with E-state index in [1.54, 1.807) is 24.3 Å². The third-order valence-corrected chi connectivity index (χ3v) is 7.18. The van der Waals surface area contributed by atoms with Gasteiger partial charge in [-0.25, -0.2) is 13.6 Å². The van der Waals surface area contributed by atoms with Gasteiger partial charge in [-0.3, -0.25) is 4.79 Å². The van der Waals surface area contributed by atoms with E-state index in [2.05, 4.69) is 10.6 Å². The summed E-state index contributed by atoms with van der Waals surface area (Å²) in [5.41, 5.74) is 1.88. The van der Waals surface area contributed by atoms with Crippen molar-refractivity contribution in [2.75, 3.05) is 19.6 Å². The minimum Gasteiger partial charge on any atom is -0.354 e. The van der Waals surface area contributed by atoms with E-state index >= 15 is 0 Å². The molecule has 0 bridgehead atoms. The van der Waals surface area contributed by atoms with Crippen LogP contribution in [0.4, 0.5) is 13.6 Å². The topological polar surface area (TPSA) is 61.4 Å². The lowest BCUT2D eigenvalue weighted by atomic mass is 9.87. The first kappa shape index (κ1) is 27.6. The van der Waals surface area contributed by atoms with Crippen LogP contribution < -0.4 is 10.6 Å². The second-order valence-electron chi connectivity index (χ2n) is 9.80. The quantitative estimate of drug-likeness (QED) is 0.394. The van der Waals surface area contributed by atoms with E-state index in [0.29, 0.717) is 19.4 Å². The van der Waals surface area contributed by atoms with Crippen LogP contribution in [0.2, 0.25) is 0 Å². The van der Waals surface area contributed by atoms with E-state index < -0.39 is 6.04 Å². The second kappa shape index (κ2) is 14.0. The number of hydrogen-bond donors (Lipinski definition) is 2. The highest BCUT2D eigenvalue weighted by Gasteiger charge is 2.28. The fourth-order valence-electron chi connectivity index (χ4n) is 4.74. The molecule has 1 heterocycles. The van der Waals surface area contributed by atoms with Gasteiger partial charge in [0.1, 0.15) is 17.7 Å². The summed E-state index contributed by atoms with van der Waals surface area (Å²) >= 11 is 0. The minimum atomic E-state index is -0.587. The normalized spacial score (nSPS) is 15.8. The Bertz CT molecular complexity index is 912. The van der Waals surface area contributed by atoms with Gasteiger partial charge in [0.2, 0.25) is 5.91 Å². The van der Waals surface area contributed by atoms with Gasteiger partial charge in [-0.15, -0.1) is 0 Å². The highest BCUT2D eigenvalue weighted by Crippen LogP contribution is 2.29. The van der Waals surface area contributed by atoms with Crippen LogP contribution in [0.1, 0.15) is 75.8 Å². The molecule has 0 saturated carbocycles. The number of nitrogens with zero attached hydrogens (tertiary/aromatic N) is 1. The molecule has 0 aliphatic carbocycles. The van der Waals surface area contributed by atoms with Crippen molar-refractivity contribution in [1.29, 1.82) is 0 Å². The maximum Gasteiger partial charge on any atom is 0.318 e. The van der Waals surface area contributed by atoms with Crippen molar-refractivity contribution >= 4 is 11.9 Å². The molecular formula is C29H39F2N3O2. The van der Waals surface area contributed by atoms with Crippen LogP contribution in [-0.4, -0.2) is 42.5 Å². The molecule has 1 aliphatic heterocycles. The van der Waals surface area contributed by atoms with Gasteiger partial charge in [-0.1, -0.05) is 57.4 Å². The number of carbonyl (C=O) groups excluding carboxylic acids is 2. The Hall–Kier alpha value is -2.96. The van der Waals surface area contributed by atoms with Gasteiger partial charge in [0.15, 0.2) is 0 Å². The lowest BCUT2D eigenvalue weighted by molar-refractivity contribution is -0.124. The van der Waals surface area contributed by atoms with Gasteiger partial charge in [-0.2, -0.15) is 0 Å². The zero-order chi connectivity index (χ0) is 25.9. The molecule has 2 unspecified atom stereocenters. The lowest BCUT2D eigenvalue weighted by Crippen LogP contribution is -2.54. The summed E-state index contributed by atoms with van der Waals surface area (Å²) in [6.07, 6.45) is 6.42. The number of likely N-dealkylation sites (tertiary alicyclic amines) is 1. The monoisotopic (exact) mass is 499 g/mol. The van der Waals surface area contributed by atoms with E-state index in [1.165, 1.54) is 24.3 Å². The van der Waals surface area contributed by atoms with Gasteiger partial charge in [0.25, 0.3) is 0 Å². The molecule has 0 spiro atoms. The van der Waals surface area contributed by atoms with Crippen LogP contribution in [0.25, 0.3) is 0 Å². The average molecular weight is 500 g/mol. The van der Waals surface area contributed by atoms with E-state index in [-0.39, 0.29) is 35.4 Å². The Balaban J connectivity index is 1.58. The molecular weight excluding hydrogens is 460 g/mol. The summed E-state index contributed by atoms with van der Waals surface area (Å²) in [6.45, 7) is 5.90. The molecule has 3 rings (SSSR count). The molecule has 2 atom stereocenters. The highest BCUT2D eigenvalue weighted by atomic mass is 19.1. The molecule has 0 radical (unpaired) electrons. The maximum atomic E-state index is 13.5. The highest BCUT2D eigenvalue weighted by molar-refractivity contribution is 5.87. The summed E-state index contributed by atoms with van der Waals surface area (Å²) in [5.74, 6) is -0.819. The molecule has 1 aliphatic rings. The molecule has 5 nitrogen and oxygen atoms in total. The summed E-state index contributed by atoms with van der Waals surface area (Å²) in [7, 11) is 0. The van der Waals surface area contributed by atoms with Crippen molar-refractivity contribution in [3.63, 3.8) is 0 Å². The number of amides is 3. The predicted octanol–water partition coefficient (Wildman–Crippen LogP) is 5.99. The van der Waals surface area contributed by atoms with Crippen molar-refractivity contribution < 1.29 is 18.4 Å². The van der Waals surface area contributed by atoms with E-state index in [4.69, 9.17) is 0 Å². The Morgan fingerprint density at radius 2 is 1.42 bits per heavy atom. The molecule has 2 N–H and O–H groups in total. The lowest BCUT2D eigenvalue weighted by Gasteiger charge is -2.28. The number of nitrogens with one attached hydrogen (secondary N) is 2. The third kappa shape index (κ3) is 8.04. The first-order valence-electron chi connectivity index (χ1n) is 13.2. The van der Waals surface area contributed by atoms with Crippen molar-refractivity contribution in [3.8, 4) is 0 Å². The van der Waals surface area contributed by atoms with Crippen LogP contribution in [-0.2, 0) is 4.79 Å². The Kier molecular flexibility index (Phi) is 10.7. The maximum absolute atomic E-state index is 13.5. The number of carbonyl (C=O) groups is 2. The Morgan fingerprint density at radius 3 is 1.92 bits per heavy atom. The van der Waals surface area contributed by atoms with E-state index in [9.17, 15) is 18.4 Å². The summed E-state index contributed by atoms with van der Waals surface area (Å²) in [4.78, 5) is 27.7. The van der Waals surface area contributed by atoms with Gasteiger partial charge in [-0.05, 0) is 67.0 Å². The fraction of sp³-hybridized carbons (Fsp3) is 0.517. The number of rotatable bonds is 10. The molecule has 36 heavy (non-hydrogen) atoms. The summed E-state index contributed by atoms with van der Waals surface area (Å²) in [6, 6.07) is 12.0. The van der Waals surface area contributed by atoms with Crippen molar-refractivity contribution in [1.82, 2.24) is 15.5 Å². The van der Waals surface area contributed by atoms with E-state index in [0.717, 1.165) is 56.3 Å². The molecule has 0 aromatic heterocycles. The molecule has 1 fully saturated rings. The predicted molar refractivity (Wildman–Crippen MR) is 139 cm³/mol. The summed E-state index contributed by atoms with van der Waals surface area (Å²) < 4.78 is 26.9. The number of urea groups is 1. The standard InChI is InChI=1S/C29H39F2N3O2/c1-3-21(2)27(33-29(36)34-19-6-4-5-7-20-34)28(35)32-18-8-9-26(22-10-14-24(30)15-11-22)23-12-16-25(31)17-13-23/h10-17,21,26-27H,3-9,18-20H2,1-2H3,(H,32,35)(H,33,36). The van der Waals surface area contributed by atoms with Crippen LogP contribution >= 0.6 is 0 Å². The SMILES string of the molecule is CCC(C)C(NC(=O)N1CCCCCC1)C(=O)NCCCC(c1ccc(F)cc1)c1ccc(F)cc1. The smallest absolute Gasteiger partial charge is 0.318 e. The van der Waals surface area contributed by atoms with Crippen LogP contribution in [0.3, 0.4) is 0 Å². The molecule has 196 valence electrons. The van der Waals surface area contributed by atoms with Gasteiger partial charge in [0.05, 0.1) is 0 Å². The third-order valence-electron chi connectivity index (χ3n) is 7.18. The molecule has 2 aromatic carbocycles. The molecule has 1 saturated heterocycles. The van der Waals surface area contributed by atoms with Crippen molar-refractivity contribution in [3.05, 3.63) is 71.3 Å². The Labute approximate surface area is 213 Å². The number of halogens is 2. The van der Waals surface area contributed by atoms with Gasteiger partial charge in [0, 0.05) is 25.6 Å². The van der Waals surface area contributed by atoms with E-state index in [1.807, 2.05) is 18.7 Å². The number of hydrogen-bond acceptors (Lipinski definition) is 2. The van der Waals surface area contributed by atoms with Crippen molar-refractivity contribution in [2.45, 2.75) is 70.8 Å². The Morgan fingerprint density at radius 1 is 0.889 bits per heavy atom. The van der Waals surface area contributed by atoms with Crippen molar-refractivity contribution in [2.24, 2.45) is 5.92 Å². The average Bonchev–Trinajstić information content (AvgIpc) is 3.18. The molecule has 2 aromatic rings. The first-order chi connectivity index (χ1) is 17.4. The van der Waals surface area contributed by atoms with Gasteiger partial charge < -0.3 is 15.5 Å². The first-order valence-corrected chi connectivity index (χ1v) is 13.2. The zero-order valence-corrected chi connectivity index (χ0v) is 21.4. The number of benzene rings is 2.